The van der Waals surface area contributed by atoms with E-state index in [0.29, 0.717) is 10.2 Å². The molecule has 0 radical (unpaired) electrons. The molecule has 2 rings (SSSR count). The topological polar surface area (TPSA) is 29.5 Å². The number of halogens is 3. The van der Waals surface area contributed by atoms with Crippen molar-refractivity contribution in [3.05, 3.63) is 62.3 Å². The zero-order chi connectivity index (χ0) is 13.8. The molecule has 0 amide bonds. The van der Waals surface area contributed by atoms with Crippen LogP contribution in [0, 0.1) is 5.82 Å². The molecule has 0 bridgehead atoms. The van der Waals surface area contributed by atoms with Crippen LogP contribution in [0.3, 0.4) is 0 Å². The summed E-state index contributed by atoms with van der Waals surface area (Å²) >= 11 is 6.53. The molecule has 5 heteroatoms. The van der Waals surface area contributed by atoms with E-state index in [0.717, 1.165) is 15.6 Å². The van der Waals surface area contributed by atoms with Gasteiger partial charge in [-0.05, 0) is 45.8 Å². The van der Waals surface area contributed by atoms with E-state index in [4.69, 9.17) is 9.84 Å². The minimum Gasteiger partial charge on any atom is -0.489 e. The zero-order valence-electron chi connectivity index (χ0n) is 9.87. The first-order valence-electron chi connectivity index (χ1n) is 5.57. The summed E-state index contributed by atoms with van der Waals surface area (Å²) in [5, 5.41) is 9.17. The van der Waals surface area contributed by atoms with Crippen LogP contribution in [-0.2, 0) is 13.2 Å². The minimum atomic E-state index is -0.312. The molecule has 2 nitrogen and oxygen atoms in total. The van der Waals surface area contributed by atoms with Crippen LogP contribution in [0.2, 0.25) is 0 Å². The van der Waals surface area contributed by atoms with Crippen molar-refractivity contribution in [3.63, 3.8) is 0 Å². The number of ether oxygens (including phenoxy) is 1. The van der Waals surface area contributed by atoms with Gasteiger partial charge in [0.1, 0.15) is 18.2 Å². The lowest BCUT2D eigenvalue weighted by atomic mass is 10.2. The van der Waals surface area contributed by atoms with Gasteiger partial charge in [-0.25, -0.2) is 4.39 Å². The van der Waals surface area contributed by atoms with Crippen molar-refractivity contribution in [1.82, 2.24) is 0 Å². The molecule has 2 aromatic rings. The molecule has 0 unspecified atom stereocenters. The van der Waals surface area contributed by atoms with Crippen molar-refractivity contribution in [3.8, 4) is 5.75 Å². The Bertz CT molecular complexity index is 588. The Morgan fingerprint density at radius 2 is 1.89 bits per heavy atom. The fourth-order valence-electron chi connectivity index (χ4n) is 1.58. The largest absolute Gasteiger partial charge is 0.489 e. The van der Waals surface area contributed by atoms with E-state index in [1.54, 1.807) is 24.3 Å². The Balaban J connectivity index is 2.12. The molecule has 0 aliphatic heterocycles. The molecular formula is C14H11Br2FO2. The SMILES string of the molecule is OCc1cc(OCc2cccc(F)c2Br)ccc1Br. The van der Waals surface area contributed by atoms with Crippen molar-refractivity contribution < 1.29 is 14.2 Å². The van der Waals surface area contributed by atoms with Crippen molar-refractivity contribution in [2.45, 2.75) is 13.2 Å². The Kier molecular flexibility index (Phi) is 4.96. The molecule has 1 N–H and O–H groups in total. The van der Waals surface area contributed by atoms with E-state index in [2.05, 4.69) is 31.9 Å². The second-order valence-electron chi connectivity index (χ2n) is 3.91. The van der Waals surface area contributed by atoms with Crippen LogP contribution in [0.25, 0.3) is 0 Å². The normalized spacial score (nSPS) is 10.5. The third-order valence-corrected chi connectivity index (χ3v) is 4.28. The van der Waals surface area contributed by atoms with Crippen LogP contribution in [0.1, 0.15) is 11.1 Å². The maximum Gasteiger partial charge on any atom is 0.137 e. The van der Waals surface area contributed by atoms with Gasteiger partial charge in [-0.15, -0.1) is 0 Å². The second kappa shape index (κ2) is 6.50. The van der Waals surface area contributed by atoms with Crippen molar-refractivity contribution in [1.29, 1.82) is 0 Å². The first-order chi connectivity index (χ1) is 9.11. The van der Waals surface area contributed by atoms with Crippen LogP contribution in [0.5, 0.6) is 5.75 Å². The van der Waals surface area contributed by atoms with Gasteiger partial charge in [0.2, 0.25) is 0 Å². The van der Waals surface area contributed by atoms with Crippen molar-refractivity contribution in [2.75, 3.05) is 0 Å². The first kappa shape index (κ1) is 14.5. The fraction of sp³-hybridized carbons (Fsp3) is 0.143. The van der Waals surface area contributed by atoms with E-state index in [9.17, 15) is 4.39 Å². The molecule has 100 valence electrons. The first-order valence-corrected chi connectivity index (χ1v) is 7.15. The molecule has 0 aromatic heterocycles. The van der Waals surface area contributed by atoms with Crippen molar-refractivity contribution >= 4 is 31.9 Å². The molecule has 0 atom stereocenters. The monoisotopic (exact) mass is 388 g/mol. The predicted molar refractivity (Wildman–Crippen MR) is 78.5 cm³/mol. The predicted octanol–water partition coefficient (Wildman–Crippen LogP) is 4.42. The summed E-state index contributed by atoms with van der Waals surface area (Å²) in [5.41, 5.74) is 1.48. The summed E-state index contributed by atoms with van der Waals surface area (Å²) in [6.07, 6.45) is 0. The number of hydrogen-bond donors (Lipinski definition) is 1. The average Bonchev–Trinajstić information content (AvgIpc) is 2.42. The molecule has 0 spiro atoms. The van der Waals surface area contributed by atoms with E-state index in [1.165, 1.54) is 6.07 Å². The van der Waals surface area contributed by atoms with E-state index in [1.807, 2.05) is 6.07 Å². The Labute approximate surface area is 127 Å². The molecular weight excluding hydrogens is 379 g/mol. The molecule has 0 saturated heterocycles. The zero-order valence-corrected chi connectivity index (χ0v) is 13.0. The van der Waals surface area contributed by atoms with Gasteiger partial charge in [-0.2, -0.15) is 0 Å². The number of hydrogen-bond acceptors (Lipinski definition) is 2. The summed E-state index contributed by atoms with van der Waals surface area (Å²) < 4.78 is 20.2. The van der Waals surface area contributed by atoms with Gasteiger partial charge in [-0.1, -0.05) is 28.1 Å². The summed E-state index contributed by atoms with van der Waals surface area (Å²) in [5.74, 6) is 0.316. The summed E-state index contributed by atoms with van der Waals surface area (Å²) in [7, 11) is 0. The van der Waals surface area contributed by atoms with Gasteiger partial charge < -0.3 is 9.84 Å². The number of benzene rings is 2. The standard InChI is InChI=1S/C14H11Br2FO2/c15-12-5-4-11(6-10(12)7-18)19-8-9-2-1-3-13(17)14(9)16/h1-6,18H,7-8H2. The minimum absolute atomic E-state index is 0.0680. The smallest absolute Gasteiger partial charge is 0.137 e. The number of aliphatic hydroxyl groups is 1. The fourth-order valence-corrected chi connectivity index (χ4v) is 2.33. The quantitative estimate of drug-likeness (QED) is 0.838. The van der Waals surface area contributed by atoms with Crippen LogP contribution in [-0.4, -0.2) is 5.11 Å². The van der Waals surface area contributed by atoms with Gasteiger partial charge in [0, 0.05) is 10.0 Å². The maximum atomic E-state index is 13.3. The highest BCUT2D eigenvalue weighted by atomic mass is 79.9. The van der Waals surface area contributed by atoms with Crippen LogP contribution in [0.4, 0.5) is 4.39 Å². The third kappa shape index (κ3) is 3.55. The maximum absolute atomic E-state index is 13.3. The van der Waals surface area contributed by atoms with Gasteiger partial charge >= 0.3 is 0 Å². The molecule has 19 heavy (non-hydrogen) atoms. The third-order valence-electron chi connectivity index (χ3n) is 2.61. The summed E-state index contributed by atoms with van der Waals surface area (Å²) in [4.78, 5) is 0. The van der Waals surface area contributed by atoms with Gasteiger partial charge in [0.05, 0.1) is 11.1 Å². The number of aliphatic hydroxyl groups excluding tert-OH is 1. The summed E-state index contributed by atoms with van der Waals surface area (Å²) in [6.45, 7) is 0.187. The lowest BCUT2D eigenvalue weighted by Crippen LogP contribution is -1.98. The van der Waals surface area contributed by atoms with E-state index >= 15 is 0 Å². The van der Waals surface area contributed by atoms with Gasteiger partial charge in [0.15, 0.2) is 0 Å². The van der Waals surface area contributed by atoms with Crippen LogP contribution < -0.4 is 4.74 Å². The Morgan fingerprint density at radius 3 is 2.63 bits per heavy atom. The molecule has 0 fully saturated rings. The lowest BCUT2D eigenvalue weighted by molar-refractivity contribution is 0.277. The van der Waals surface area contributed by atoms with Crippen LogP contribution >= 0.6 is 31.9 Å². The second-order valence-corrected chi connectivity index (χ2v) is 5.56. The molecule has 0 aliphatic carbocycles. The summed E-state index contributed by atoms with van der Waals surface area (Å²) in [6, 6.07) is 10.2. The van der Waals surface area contributed by atoms with Crippen molar-refractivity contribution in [2.24, 2.45) is 0 Å². The van der Waals surface area contributed by atoms with Crippen LogP contribution in [0.15, 0.2) is 45.3 Å². The molecule has 0 heterocycles. The number of rotatable bonds is 4. The van der Waals surface area contributed by atoms with E-state index in [-0.39, 0.29) is 19.0 Å². The Hall–Kier alpha value is -0.910. The molecule has 0 saturated carbocycles. The highest BCUT2D eigenvalue weighted by Crippen LogP contribution is 2.25. The van der Waals surface area contributed by atoms with E-state index < -0.39 is 0 Å². The lowest BCUT2D eigenvalue weighted by Gasteiger charge is -2.10. The highest BCUT2D eigenvalue weighted by molar-refractivity contribution is 9.10. The highest BCUT2D eigenvalue weighted by Gasteiger charge is 2.07. The van der Waals surface area contributed by atoms with Gasteiger partial charge in [0.25, 0.3) is 0 Å². The molecule has 2 aromatic carbocycles. The average molecular weight is 390 g/mol. The molecule has 0 aliphatic rings. The Morgan fingerprint density at radius 1 is 1.11 bits per heavy atom. The van der Waals surface area contributed by atoms with Gasteiger partial charge in [-0.3, -0.25) is 0 Å².